The second-order valence-corrected chi connectivity index (χ2v) is 7.19. The fraction of sp³-hybridized carbons (Fsp3) is 0.150. The Morgan fingerprint density at radius 3 is 2.56 bits per heavy atom. The number of hydrogen-bond donors (Lipinski definition) is 1. The Labute approximate surface area is 161 Å². The summed E-state index contributed by atoms with van der Waals surface area (Å²) in [5.74, 6) is 0.266. The van der Waals surface area contributed by atoms with Gasteiger partial charge in [-0.3, -0.25) is 9.89 Å². The lowest BCUT2D eigenvalue weighted by Gasteiger charge is -2.20. The van der Waals surface area contributed by atoms with Crippen LogP contribution >= 0.6 is 11.8 Å². The maximum atomic E-state index is 12.9. The zero-order valence-corrected chi connectivity index (χ0v) is 15.8. The molecule has 0 radical (unpaired) electrons. The number of aromatic nitrogens is 3. The van der Waals surface area contributed by atoms with E-state index in [4.69, 9.17) is 0 Å². The number of thioether (sulfide) groups is 1. The van der Waals surface area contributed by atoms with Gasteiger partial charge in [-0.25, -0.2) is 9.37 Å². The maximum absolute atomic E-state index is 12.9. The molecule has 0 spiro atoms. The Kier molecular flexibility index (Phi) is 6.03. The number of hydrogen-bond acceptors (Lipinski definition) is 4. The molecule has 2 aromatic carbocycles. The summed E-state index contributed by atoms with van der Waals surface area (Å²) in [4.78, 5) is 18.6. The molecule has 0 aliphatic carbocycles. The monoisotopic (exact) mass is 382 g/mol. The number of rotatable bonds is 6. The number of carbonyl (C=O) groups is 1. The summed E-state index contributed by atoms with van der Waals surface area (Å²) >= 11 is 1.29. The van der Waals surface area contributed by atoms with Crippen LogP contribution in [0.5, 0.6) is 0 Å². The number of H-pyrrole nitrogens is 1. The van der Waals surface area contributed by atoms with Crippen molar-refractivity contribution in [3.63, 3.8) is 0 Å². The van der Waals surface area contributed by atoms with Crippen LogP contribution < -0.4 is 4.90 Å². The lowest BCUT2D eigenvalue weighted by atomic mass is 10.2. The zero-order chi connectivity index (χ0) is 19.2. The molecule has 0 aliphatic heterocycles. The normalized spacial score (nSPS) is 12.3. The SMILES string of the molecule is CC(Sc1n[nH]c(/C=C/c2ccc(F)cc2)n1)C(=O)N(C)c1ccccc1. The van der Waals surface area contributed by atoms with Crippen molar-refractivity contribution < 1.29 is 9.18 Å². The Balaban J connectivity index is 1.61. The van der Waals surface area contributed by atoms with Crippen LogP contribution in [0.1, 0.15) is 18.3 Å². The van der Waals surface area contributed by atoms with E-state index >= 15 is 0 Å². The second kappa shape index (κ2) is 8.64. The van der Waals surface area contributed by atoms with E-state index in [1.54, 1.807) is 30.2 Å². The number of nitrogens with zero attached hydrogens (tertiary/aromatic N) is 3. The lowest BCUT2D eigenvalue weighted by Crippen LogP contribution is -2.33. The molecule has 1 N–H and O–H groups in total. The number of nitrogens with one attached hydrogen (secondary N) is 1. The van der Waals surface area contributed by atoms with Crippen molar-refractivity contribution in [1.82, 2.24) is 15.2 Å². The molecule has 1 atom stereocenters. The van der Waals surface area contributed by atoms with Crippen LogP contribution in [-0.2, 0) is 4.79 Å². The first kappa shape index (κ1) is 18.8. The second-order valence-electron chi connectivity index (χ2n) is 5.88. The topological polar surface area (TPSA) is 61.9 Å². The minimum atomic E-state index is -0.333. The van der Waals surface area contributed by atoms with Crippen molar-refractivity contribution >= 4 is 35.5 Å². The van der Waals surface area contributed by atoms with E-state index in [1.165, 1.54) is 23.9 Å². The highest BCUT2D eigenvalue weighted by molar-refractivity contribution is 8.00. The molecule has 3 aromatic rings. The predicted octanol–water partition coefficient (Wildman–Crippen LogP) is 4.26. The highest BCUT2D eigenvalue weighted by Crippen LogP contribution is 2.23. The summed E-state index contributed by atoms with van der Waals surface area (Å²) in [5, 5.41) is 7.13. The van der Waals surface area contributed by atoms with Crippen LogP contribution in [0, 0.1) is 5.82 Å². The van der Waals surface area contributed by atoms with Crippen molar-refractivity contribution in [3.05, 3.63) is 71.8 Å². The minimum Gasteiger partial charge on any atom is -0.315 e. The number of amides is 1. The van der Waals surface area contributed by atoms with E-state index < -0.39 is 0 Å². The number of carbonyl (C=O) groups excluding carboxylic acids is 1. The Morgan fingerprint density at radius 1 is 1.15 bits per heavy atom. The summed E-state index contributed by atoms with van der Waals surface area (Å²) in [7, 11) is 1.75. The van der Waals surface area contributed by atoms with Crippen LogP contribution in [0.2, 0.25) is 0 Å². The van der Waals surface area contributed by atoms with Gasteiger partial charge >= 0.3 is 0 Å². The van der Waals surface area contributed by atoms with Gasteiger partial charge in [0.1, 0.15) is 11.6 Å². The molecule has 0 bridgehead atoms. The quantitative estimate of drug-likeness (QED) is 0.647. The van der Waals surface area contributed by atoms with Gasteiger partial charge in [-0.05, 0) is 42.8 Å². The first-order valence-corrected chi connectivity index (χ1v) is 9.26. The number of benzene rings is 2. The number of anilines is 1. The molecule has 27 heavy (non-hydrogen) atoms. The largest absolute Gasteiger partial charge is 0.315 e. The Hall–Kier alpha value is -2.93. The van der Waals surface area contributed by atoms with Crippen LogP contribution in [0.15, 0.2) is 59.8 Å². The van der Waals surface area contributed by atoms with Crippen molar-refractivity contribution in [1.29, 1.82) is 0 Å². The van der Waals surface area contributed by atoms with Crippen molar-refractivity contribution in [2.45, 2.75) is 17.3 Å². The van der Waals surface area contributed by atoms with Gasteiger partial charge in [0.2, 0.25) is 11.1 Å². The van der Waals surface area contributed by atoms with E-state index in [9.17, 15) is 9.18 Å². The van der Waals surface area contributed by atoms with Gasteiger partial charge in [0.25, 0.3) is 0 Å². The van der Waals surface area contributed by atoms with Gasteiger partial charge in [0.05, 0.1) is 5.25 Å². The third-order valence-corrected chi connectivity index (χ3v) is 4.84. The van der Waals surface area contributed by atoms with E-state index in [0.29, 0.717) is 11.0 Å². The molecule has 0 saturated heterocycles. The molecular weight excluding hydrogens is 363 g/mol. The van der Waals surface area contributed by atoms with Crippen molar-refractivity contribution in [3.8, 4) is 0 Å². The molecule has 1 aromatic heterocycles. The summed E-state index contributed by atoms with van der Waals surface area (Å²) in [6.07, 6.45) is 3.57. The molecule has 0 fully saturated rings. The standard InChI is InChI=1S/C20H19FN4OS/c1-14(19(26)25(2)17-6-4-3-5-7-17)27-20-22-18(23-24-20)13-10-15-8-11-16(21)12-9-15/h3-14H,1-2H3,(H,22,23,24)/b13-10+. The molecule has 138 valence electrons. The molecule has 0 aliphatic rings. The van der Waals surface area contributed by atoms with Crippen LogP contribution in [0.25, 0.3) is 12.2 Å². The highest BCUT2D eigenvalue weighted by Gasteiger charge is 2.21. The Morgan fingerprint density at radius 2 is 1.85 bits per heavy atom. The summed E-state index contributed by atoms with van der Waals surface area (Å²) in [6.45, 7) is 1.83. The molecule has 3 rings (SSSR count). The fourth-order valence-electron chi connectivity index (χ4n) is 2.39. The molecular formula is C20H19FN4OS. The third-order valence-electron chi connectivity index (χ3n) is 3.89. The molecule has 1 amide bonds. The molecule has 5 nitrogen and oxygen atoms in total. The summed E-state index contributed by atoms with van der Waals surface area (Å²) in [6, 6.07) is 15.6. The van der Waals surface area contributed by atoms with Crippen LogP contribution in [-0.4, -0.2) is 33.4 Å². The molecule has 1 heterocycles. The first-order valence-electron chi connectivity index (χ1n) is 8.38. The van der Waals surface area contributed by atoms with Crippen molar-refractivity contribution in [2.75, 3.05) is 11.9 Å². The molecule has 7 heteroatoms. The minimum absolute atomic E-state index is 0.0283. The summed E-state index contributed by atoms with van der Waals surface area (Å²) < 4.78 is 12.9. The fourth-order valence-corrected chi connectivity index (χ4v) is 3.22. The molecule has 1 unspecified atom stereocenters. The predicted molar refractivity (Wildman–Crippen MR) is 107 cm³/mol. The molecule has 0 saturated carbocycles. The number of aromatic amines is 1. The Bertz CT molecular complexity index is 925. The number of halogens is 1. The zero-order valence-electron chi connectivity index (χ0n) is 15.0. The van der Waals surface area contributed by atoms with E-state index in [-0.39, 0.29) is 17.0 Å². The summed E-state index contributed by atoms with van der Waals surface area (Å²) in [5.41, 5.74) is 1.70. The average Bonchev–Trinajstić information content (AvgIpc) is 3.14. The van der Waals surface area contributed by atoms with Gasteiger partial charge in [0.15, 0.2) is 0 Å². The van der Waals surface area contributed by atoms with Gasteiger partial charge in [0, 0.05) is 12.7 Å². The van der Waals surface area contributed by atoms with Gasteiger partial charge in [-0.1, -0.05) is 48.2 Å². The first-order chi connectivity index (χ1) is 13.0. The smallest absolute Gasteiger partial charge is 0.240 e. The average molecular weight is 382 g/mol. The van der Waals surface area contributed by atoms with E-state index in [0.717, 1.165) is 11.3 Å². The van der Waals surface area contributed by atoms with Gasteiger partial charge < -0.3 is 4.90 Å². The van der Waals surface area contributed by atoms with Gasteiger partial charge in [-0.2, -0.15) is 0 Å². The van der Waals surface area contributed by atoms with E-state index in [1.807, 2.05) is 43.3 Å². The highest BCUT2D eigenvalue weighted by atomic mass is 32.2. The lowest BCUT2D eigenvalue weighted by molar-refractivity contribution is -0.117. The maximum Gasteiger partial charge on any atom is 0.240 e. The van der Waals surface area contributed by atoms with Gasteiger partial charge in [-0.15, -0.1) is 5.10 Å². The van der Waals surface area contributed by atoms with Crippen LogP contribution in [0.4, 0.5) is 10.1 Å². The number of para-hydroxylation sites is 1. The third kappa shape index (κ3) is 5.04. The van der Waals surface area contributed by atoms with E-state index in [2.05, 4.69) is 15.2 Å². The van der Waals surface area contributed by atoms with Crippen molar-refractivity contribution in [2.24, 2.45) is 0 Å². The van der Waals surface area contributed by atoms with Crippen LogP contribution in [0.3, 0.4) is 0 Å².